The Balaban J connectivity index is 1.67. The molecule has 0 saturated carbocycles. The van der Waals surface area contributed by atoms with Crippen molar-refractivity contribution in [3.05, 3.63) is 65.0 Å². The molecule has 29 heavy (non-hydrogen) atoms. The highest BCUT2D eigenvalue weighted by atomic mass is 19.1. The topological polar surface area (TPSA) is 55.8 Å². The third kappa shape index (κ3) is 3.76. The second-order valence-electron chi connectivity index (χ2n) is 8.70. The monoisotopic (exact) mass is 398 g/mol. The van der Waals surface area contributed by atoms with Gasteiger partial charge in [-0.15, -0.1) is 0 Å². The minimum atomic E-state index is -0.812. The lowest BCUT2D eigenvalue weighted by molar-refractivity contribution is -0.153. The molecule has 1 saturated heterocycles. The Morgan fingerprint density at radius 2 is 1.97 bits per heavy atom. The van der Waals surface area contributed by atoms with Crippen molar-refractivity contribution in [1.82, 2.24) is 0 Å². The summed E-state index contributed by atoms with van der Waals surface area (Å²) in [6.07, 6.45) is 1.02. The van der Waals surface area contributed by atoms with Crippen LogP contribution in [0.15, 0.2) is 42.5 Å². The number of carboxylic acids is 1. The van der Waals surface area contributed by atoms with E-state index in [2.05, 4.69) is 13.8 Å². The molecule has 4 nitrogen and oxygen atoms in total. The van der Waals surface area contributed by atoms with Crippen LogP contribution in [0.3, 0.4) is 0 Å². The van der Waals surface area contributed by atoms with Crippen LogP contribution in [-0.2, 0) is 16.0 Å². The molecule has 0 aromatic heterocycles. The number of aryl methyl sites for hydroxylation is 1. The molecule has 4 atom stereocenters. The van der Waals surface area contributed by atoms with Gasteiger partial charge < -0.3 is 14.6 Å². The lowest BCUT2D eigenvalue weighted by Gasteiger charge is -2.50. The molecule has 4 rings (SSSR count). The van der Waals surface area contributed by atoms with Crippen molar-refractivity contribution >= 4 is 5.97 Å². The zero-order valence-electron chi connectivity index (χ0n) is 17.0. The maximum Gasteiger partial charge on any atom is 0.303 e. The first-order valence-electron chi connectivity index (χ1n) is 10.2. The van der Waals surface area contributed by atoms with Gasteiger partial charge >= 0.3 is 5.97 Å². The second-order valence-corrected chi connectivity index (χ2v) is 8.70. The van der Waals surface area contributed by atoms with Crippen molar-refractivity contribution < 1.29 is 23.8 Å². The van der Waals surface area contributed by atoms with E-state index in [1.54, 1.807) is 6.07 Å². The lowest BCUT2D eigenvalue weighted by Crippen LogP contribution is -2.50. The van der Waals surface area contributed by atoms with Crippen LogP contribution >= 0.6 is 0 Å². The van der Waals surface area contributed by atoms with Crippen molar-refractivity contribution in [2.75, 3.05) is 0 Å². The van der Waals surface area contributed by atoms with Crippen LogP contribution in [-0.4, -0.2) is 22.8 Å². The molecule has 0 unspecified atom stereocenters. The van der Waals surface area contributed by atoms with Crippen LogP contribution in [0.2, 0.25) is 0 Å². The van der Waals surface area contributed by atoms with Crippen LogP contribution in [0.1, 0.15) is 62.3 Å². The number of hydrogen-bond donors (Lipinski definition) is 1. The smallest absolute Gasteiger partial charge is 0.303 e. The first-order chi connectivity index (χ1) is 13.8. The van der Waals surface area contributed by atoms with E-state index in [4.69, 9.17) is 14.6 Å². The minimum Gasteiger partial charge on any atom is -0.487 e. The van der Waals surface area contributed by atoms with Crippen molar-refractivity contribution in [3.63, 3.8) is 0 Å². The van der Waals surface area contributed by atoms with Gasteiger partial charge in [-0.2, -0.15) is 0 Å². The molecule has 2 aromatic carbocycles. The molecular weight excluding hydrogens is 371 g/mol. The van der Waals surface area contributed by atoms with Crippen LogP contribution in [0.25, 0.3) is 0 Å². The predicted octanol–water partition coefficient (Wildman–Crippen LogP) is 5.26. The van der Waals surface area contributed by atoms with Crippen LogP contribution < -0.4 is 4.74 Å². The predicted molar refractivity (Wildman–Crippen MR) is 108 cm³/mol. The van der Waals surface area contributed by atoms with Gasteiger partial charge in [-0.05, 0) is 62.9 Å². The summed E-state index contributed by atoms with van der Waals surface area (Å²) in [4.78, 5) is 10.9. The van der Waals surface area contributed by atoms with Gasteiger partial charge in [0.1, 0.15) is 17.2 Å². The largest absolute Gasteiger partial charge is 0.487 e. The van der Waals surface area contributed by atoms with Gasteiger partial charge in [-0.3, -0.25) is 4.79 Å². The standard InChI is InChI=1S/C24H27FO4/c1-14-17(16-6-4-5-7-20(16)25)13-19-23(28-14)18-12-15(9-11-22(26)27)8-10-21(18)29-24(19,2)3/h4-8,10,12,14,17,19,23H,9,11,13H2,1-3H3,(H,26,27)/t14-,17-,19-,23+/m0/s1. The molecule has 0 bridgehead atoms. The van der Waals surface area contributed by atoms with Gasteiger partial charge in [-0.1, -0.05) is 24.3 Å². The number of fused-ring (bicyclic) bond motifs is 3. The Morgan fingerprint density at radius 1 is 1.21 bits per heavy atom. The Kier molecular flexibility index (Phi) is 5.11. The molecule has 2 aromatic rings. The summed E-state index contributed by atoms with van der Waals surface area (Å²) in [5.41, 5.74) is 2.16. The second kappa shape index (κ2) is 7.45. The zero-order valence-corrected chi connectivity index (χ0v) is 17.0. The molecule has 154 valence electrons. The number of rotatable bonds is 4. The third-order valence-corrected chi connectivity index (χ3v) is 6.38. The Labute approximate surface area is 170 Å². The van der Waals surface area contributed by atoms with Crippen LogP contribution in [0.4, 0.5) is 4.39 Å². The Bertz CT molecular complexity index is 923. The quantitative estimate of drug-likeness (QED) is 0.763. The summed E-state index contributed by atoms with van der Waals surface area (Å²) >= 11 is 0. The van der Waals surface area contributed by atoms with Gasteiger partial charge in [0, 0.05) is 23.8 Å². The maximum atomic E-state index is 14.5. The average Bonchev–Trinajstić information content (AvgIpc) is 2.66. The molecule has 2 aliphatic heterocycles. The first kappa shape index (κ1) is 19.9. The number of ether oxygens (including phenoxy) is 2. The first-order valence-corrected chi connectivity index (χ1v) is 10.2. The van der Waals surface area contributed by atoms with Gasteiger partial charge in [0.2, 0.25) is 0 Å². The Hall–Kier alpha value is -2.40. The number of halogens is 1. The Morgan fingerprint density at radius 3 is 2.69 bits per heavy atom. The normalized spacial score (nSPS) is 27.4. The van der Waals surface area contributed by atoms with E-state index in [-0.39, 0.29) is 36.3 Å². The fraction of sp³-hybridized carbons (Fsp3) is 0.458. The van der Waals surface area contributed by atoms with Crippen molar-refractivity contribution in [1.29, 1.82) is 0 Å². The highest BCUT2D eigenvalue weighted by Crippen LogP contribution is 2.54. The maximum absolute atomic E-state index is 14.5. The number of carbonyl (C=O) groups is 1. The molecule has 1 N–H and O–H groups in total. The highest BCUT2D eigenvalue weighted by molar-refractivity contribution is 5.67. The molecular formula is C24H27FO4. The molecule has 0 amide bonds. The summed E-state index contributed by atoms with van der Waals surface area (Å²) in [6.45, 7) is 6.12. The van der Waals surface area contributed by atoms with Crippen LogP contribution in [0.5, 0.6) is 5.75 Å². The summed E-state index contributed by atoms with van der Waals surface area (Å²) in [5, 5.41) is 8.98. The fourth-order valence-corrected chi connectivity index (χ4v) is 4.78. The molecule has 0 aliphatic carbocycles. The number of hydrogen-bond acceptors (Lipinski definition) is 3. The summed E-state index contributed by atoms with van der Waals surface area (Å²) in [7, 11) is 0. The van der Waals surface area contributed by atoms with E-state index in [0.29, 0.717) is 12.0 Å². The summed E-state index contributed by atoms with van der Waals surface area (Å²) in [5.74, 6) is -0.208. The fourth-order valence-electron chi connectivity index (χ4n) is 4.78. The zero-order chi connectivity index (χ0) is 20.8. The van der Waals surface area contributed by atoms with Crippen molar-refractivity contribution in [2.24, 2.45) is 5.92 Å². The lowest BCUT2D eigenvalue weighted by atomic mass is 9.70. The molecule has 5 heteroatoms. The summed E-state index contributed by atoms with van der Waals surface area (Å²) < 4.78 is 27.3. The van der Waals surface area contributed by atoms with Crippen LogP contribution in [0, 0.1) is 11.7 Å². The van der Waals surface area contributed by atoms with E-state index in [1.807, 2.05) is 37.3 Å². The van der Waals surface area contributed by atoms with E-state index in [1.165, 1.54) is 6.07 Å². The third-order valence-electron chi connectivity index (χ3n) is 6.38. The average molecular weight is 398 g/mol. The number of benzene rings is 2. The van der Waals surface area contributed by atoms with Crippen molar-refractivity contribution in [2.45, 2.75) is 63.8 Å². The molecule has 2 aliphatic rings. The molecule has 0 radical (unpaired) electrons. The van der Waals surface area contributed by atoms with E-state index in [0.717, 1.165) is 23.3 Å². The SMILES string of the molecule is C[C@@H]1O[C@@H]2c3cc(CCC(=O)O)ccc3OC(C)(C)[C@H]2C[C@@H]1c1ccccc1F. The van der Waals surface area contributed by atoms with E-state index >= 15 is 0 Å². The van der Waals surface area contributed by atoms with Gasteiger partial charge in [-0.25, -0.2) is 4.39 Å². The van der Waals surface area contributed by atoms with Gasteiger partial charge in [0.25, 0.3) is 0 Å². The highest BCUT2D eigenvalue weighted by Gasteiger charge is 2.50. The summed E-state index contributed by atoms with van der Waals surface area (Å²) in [6, 6.07) is 12.8. The van der Waals surface area contributed by atoms with E-state index < -0.39 is 11.6 Å². The molecule has 0 spiro atoms. The number of aliphatic carboxylic acids is 1. The molecule has 1 fully saturated rings. The molecule has 2 heterocycles. The minimum absolute atomic E-state index is 0.0444. The number of carboxylic acid groups (broad SMARTS) is 1. The van der Waals surface area contributed by atoms with Gasteiger partial charge in [0.15, 0.2) is 0 Å². The van der Waals surface area contributed by atoms with E-state index in [9.17, 15) is 9.18 Å². The van der Waals surface area contributed by atoms with Gasteiger partial charge in [0.05, 0.1) is 12.2 Å². The van der Waals surface area contributed by atoms with Crippen molar-refractivity contribution in [3.8, 4) is 5.75 Å².